The first kappa shape index (κ1) is 16.4. The van der Waals surface area contributed by atoms with E-state index in [0.29, 0.717) is 0 Å². The topological polar surface area (TPSA) is 0 Å². The lowest BCUT2D eigenvalue weighted by molar-refractivity contribution is 0.457. The van der Waals surface area contributed by atoms with Crippen molar-refractivity contribution in [1.29, 1.82) is 0 Å². The zero-order valence-electron chi connectivity index (χ0n) is 13.9. The van der Waals surface area contributed by atoms with Gasteiger partial charge in [-0.1, -0.05) is 75.2 Å². The first-order valence-corrected chi connectivity index (χ1v) is 8.53. The monoisotopic (exact) mass is 342 g/mol. The summed E-state index contributed by atoms with van der Waals surface area (Å²) < 4.78 is 0. The summed E-state index contributed by atoms with van der Waals surface area (Å²) in [6.07, 6.45) is 0. The SMILES string of the molecule is CC1(C)C(=C=C(c2ccc(Cl)cc2)c2ccc(Cl)cc2)C1(C)C. The number of benzene rings is 2. The summed E-state index contributed by atoms with van der Waals surface area (Å²) >= 11 is 12.1. The Morgan fingerprint density at radius 1 is 0.696 bits per heavy atom. The predicted octanol–water partition coefficient (Wildman–Crippen LogP) is 7.02. The van der Waals surface area contributed by atoms with Crippen molar-refractivity contribution in [3.8, 4) is 0 Å². The Morgan fingerprint density at radius 3 is 1.35 bits per heavy atom. The molecule has 0 unspecified atom stereocenters. The third-order valence-electron chi connectivity index (χ3n) is 5.27. The van der Waals surface area contributed by atoms with Crippen molar-refractivity contribution < 1.29 is 0 Å². The lowest BCUT2D eigenvalue weighted by Gasteiger charge is -2.06. The van der Waals surface area contributed by atoms with Crippen molar-refractivity contribution in [3.05, 3.63) is 81.0 Å². The number of allylic oxidation sites excluding steroid dienone is 1. The van der Waals surface area contributed by atoms with Gasteiger partial charge in [0.15, 0.2) is 0 Å². The van der Waals surface area contributed by atoms with Crippen LogP contribution >= 0.6 is 23.2 Å². The number of halogens is 2. The van der Waals surface area contributed by atoms with Crippen LogP contribution in [0, 0.1) is 10.8 Å². The predicted molar refractivity (Wildman–Crippen MR) is 100 cm³/mol. The summed E-state index contributed by atoms with van der Waals surface area (Å²) in [4.78, 5) is 0. The molecule has 2 aromatic carbocycles. The molecule has 0 aliphatic heterocycles. The Morgan fingerprint density at radius 2 is 1.04 bits per heavy atom. The maximum absolute atomic E-state index is 6.04. The molecule has 118 valence electrons. The van der Waals surface area contributed by atoms with E-state index in [9.17, 15) is 0 Å². The Balaban J connectivity index is 2.22. The van der Waals surface area contributed by atoms with Crippen molar-refractivity contribution in [2.24, 2.45) is 10.8 Å². The van der Waals surface area contributed by atoms with E-state index in [-0.39, 0.29) is 10.8 Å². The fraction of sp³-hybridized carbons (Fsp3) is 0.286. The van der Waals surface area contributed by atoms with Gasteiger partial charge in [0.2, 0.25) is 0 Å². The van der Waals surface area contributed by atoms with E-state index < -0.39 is 0 Å². The molecule has 0 aromatic heterocycles. The zero-order valence-corrected chi connectivity index (χ0v) is 15.4. The minimum absolute atomic E-state index is 0.178. The van der Waals surface area contributed by atoms with Crippen molar-refractivity contribution in [3.63, 3.8) is 0 Å². The molecule has 0 N–H and O–H groups in total. The van der Waals surface area contributed by atoms with Crippen LogP contribution in [-0.2, 0) is 0 Å². The normalized spacial score (nSPS) is 17.6. The molecule has 0 nitrogen and oxygen atoms in total. The largest absolute Gasteiger partial charge is 0.111 e. The van der Waals surface area contributed by atoms with Crippen molar-refractivity contribution in [2.75, 3.05) is 0 Å². The van der Waals surface area contributed by atoms with E-state index >= 15 is 0 Å². The first-order valence-electron chi connectivity index (χ1n) is 7.77. The van der Waals surface area contributed by atoms with Crippen LogP contribution in [0.5, 0.6) is 0 Å². The molecule has 0 heterocycles. The van der Waals surface area contributed by atoms with Gasteiger partial charge in [0.1, 0.15) is 0 Å². The Bertz CT molecular complexity index is 736. The van der Waals surface area contributed by atoms with Crippen molar-refractivity contribution >= 4 is 28.8 Å². The summed E-state index contributed by atoms with van der Waals surface area (Å²) in [5.41, 5.74) is 8.71. The van der Waals surface area contributed by atoms with Gasteiger partial charge >= 0.3 is 0 Å². The Labute approximate surface area is 148 Å². The van der Waals surface area contributed by atoms with Crippen LogP contribution in [-0.4, -0.2) is 0 Å². The highest BCUT2D eigenvalue weighted by Crippen LogP contribution is 2.67. The lowest BCUT2D eigenvalue weighted by atomic mass is 9.98. The fourth-order valence-electron chi connectivity index (χ4n) is 3.01. The summed E-state index contributed by atoms with van der Waals surface area (Å²) in [6, 6.07) is 15.9. The highest BCUT2D eigenvalue weighted by molar-refractivity contribution is 6.31. The fourth-order valence-corrected chi connectivity index (χ4v) is 3.26. The molecule has 0 bridgehead atoms. The van der Waals surface area contributed by atoms with Crippen LogP contribution in [0.2, 0.25) is 10.0 Å². The van der Waals surface area contributed by atoms with Gasteiger partial charge in [0.05, 0.1) is 0 Å². The van der Waals surface area contributed by atoms with Gasteiger partial charge in [0, 0.05) is 26.4 Å². The van der Waals surface area contributed by atoms with Gasteiger partial charge in [-0.05, 0) is 41.0 Å². The van der Waals surface area contributed by atoms with Crippen LogP contribution in [0.3, 0.4) is 0 Å². The van der Waals surface area contributed by atoms with Crippen molar-refractivity contribution in [2.45, 2.75) is 27.7 Å². The summed E-state index contributed by atoms with van der Waals surface area (Å²) in [5, 5.41) is 1.48. The van der Waals surface area contributed by atoms with Gasteiger partial charge in [0.25, 0.3) is 0 Å². The molecule has 2 aromatic rings. The highest BCUT2D eigenvalue weighted by atomic mass is 35.5. The summed E-state index contributed by atoms with van der Waals surface area (Å²) in [6.45, 7) is 9.10. The lowest BCUT2D eigenvalue weighted by Crippen LogP contribution is -1.95. The van der Waals surface area contributed by atoms with E-state index in [1.54, 1.807) is 0 Å². The maximum atomic E-state index is 6.04. The summed E-state index contributed by atoms with van der Waals surface area (Å²) in [7, 11) is 0. The van der Waals surface area contributed by atoms with Gasteiger partial charge in [-0.3, -0.25) is 0 Å². The summed E-state index contributed by atoms with van der Waals surface area (Å²) in [5.74, 6) is 0. The van der Waals surface area contributed by atoms with E-state index in [0.717, 1.165) is 26.7 Å². The molecule has 1 aliphatic rings. The van der Waals surface area contributed by atoms with Crippen LogP contribution in [0.15, 0.2) is 59.8 Å². The molecule has 3 rings (SSSR count). The van der Waals surface area contributed by atoms with Crippen LogP contribution in [0.1, 0.15) is 38.8 Å². The van der Waals surface area contributed by atoms with E-state index in [2.05, 4.69) is 33.4 Å². The van der Waals surface area contributed by atoms with Crippen LogP contribution < -0.4 is 0 Å². The van der Waals surface area contributed by atoms with Crippen LogP contribution in [0.25, 0.3) is 5.57 Å². The molecule has 0 atom stereocenters. The van der Waals surface area contributed by atoms with Crippen LogP contribution in [0.4, 0.5) is 0 Å². The quantitative estimate of drug-likeness (QED) is 0.514. The number of hydrogen-bond acceptors (Lipinski definition) is 0. The standard InChI is InChI=1S/C21H20Cl2/c1-20(2)19(21(20,3)4)13-18(14-5-9-16(22)10-6-14)15-7-11-17(23)12-8-15/h5-12H,1-4H3. The minimum Gasteiger partial charge on any atom is -0.111 e. The second-order valence-corrected chi connectivity index (χ2v) is 8.01. The van der Waals surface area contributed by atoms with Gasteiger partial charge in [-0.15, -0.1) is 5.73 Å². The molecule has 23 heavy (non-hydrogen) atoms. The molecular formula is C21H20Cl2. The van der Waals surface area contributed by atoms with E-state index in [4.69, 9.17) is 23.2 Å². The van der Waals surface area contributed by atoms with Gasteiger partial charge in [-0.2, -0.15) is 0 Å². The smallest absolute Gasteiger partial charge is 0.0406 e. The van der Waals surface area contributed by atoms with Gasteiger partial charge in [-0.25, -0.2) is 0 Å². The molecule has 2 heteroatoms. The van der Waals surface area contributed by atoms with E-state index in [1.165, 1.54) is 5.57 Å². The second-order valence-electron chi connectivity index (χ2n) is 7.14. The average molecular weight is 343 g/mol. The number of rotatable bonds is 2. The third-order valence-corrected chi connectivity index (χ3v) is 5.77. The molecule has 1 saturated carbocycles. The highest BCUT2D eigenvalue weighted by Gasteiger charge is 2.60. The molecule has 0 spiro atoms. The molecule has 0 amide bonds. The molecule has 0 saturated heterocycles. The maximum Gasteiger partial charge on any atom is 0.0406 e. The van der Waals surface area contributed by atoms with Crippen molar-refractivity contribution in [1.82, 2.24) is 0 Å². The molecule has 1 fully saturated rings. The minimum atomic E-state index is 0.178. The molecule has 1 aliphatic carbocycles. The number of hydrogen-bond donors (Lipinski definition) is 0. The average Bonchev–Trinajstić information content (AvgIpc) is 2.88. The molecular weight excluding hydrogens is 323 g/mol. The Hall–Kier alpha value is -1.46. The van der Waals surface area contributed by atoms with E-state index in [1.807, 2.05) is 48.5 Å². The zero-order chi connectivity index (χ0) is 16.8. The molecule has 0 radical (unpaired) electrons. The van der Waals surface area contributed by atoms with Gasteiger partial charge < -0.3 is 0 Å². The second kappa shape index (κ2) is 5.56. The Kier molecular flexibility index (Phi) is 3.97. The first-order chi connectivity index (χ1) is 10.7. The third kappa shape index (κ3) is 2.88.